The number of hydrogen-bond donors (Lipinski definition) is 3. The van der Waals surface area contributed by atoms with Crippen molar-refractivity contribution in [3.05, 3.63) is 24.0 Å². The lowest BCUT2D eigenvalue weighted by molar-refractivity contribution is 0.162. The molecular weight excluding hydrogens is 178 g/mol. The highest BCUT2D eigenvalue weighted by Crippen LogP contribution is 2.03. The number of aryl methyl sites for hydroxylation is 1. The van der Waals surface area contributed by atoms with Gasteiger partial charge >= 0.3 is 0 Å². The smallest absolute Gasteiger partial charge is 0.0829 e. The van der Waals surface area contributed by atoms with Crippen LogP contribution in [0.1, 0.15) is 5.69 Å². The Morgan fingerprint density at radius 1 is 1.64 bits per heavy atom. The number of rotatable bonds is 3. The van der Waals surface area contributed by atoms with Crippen LogP contribution >= 0.6 is 0 Å². The minimum Gasteiger partial charge on any atom is -0.390 e. The van der Waals surface area contributed by atoms with Gasteiger partial charge in [0.1, 0.15) is 0 Å². The highest BCUT2D eigenvalue weighted by molar-refractivity contribution is 5.06. The van der Waals surface area contributed by atoms with Gasteiger partial charge in [-0.2, -0.15) is 0 Å². The Kier molecular flexibility index (Phi) is 2.86. The van der Waals surface area contributed by atoms with E-state index < -0.39 is 0 Å². The molecule has 2 rings (SSSR count). The monoisotopic (exact) mass is 195 g/mol. The van der Waals surface area contributed by atoms with Crippen molar-refractivity contribution in [3.8, 4) is 0 Å². The largest absolute Gasteiger partial charge is 0.390 e. The van der Waals surface area contributed by atoms with Crippen molar-refractivity contribution in [1.82, 2.24) is 15.2 Å². The SMILES string of the molecule is Cn1cccc1CN[C@@H]1CNC[C@H]1O. The standard InChI is InChI=1S/C10H17N3O/c1-13-4-2-3-8(13)5-12-9-6-11-7-10(9)14/h2-4,9-12,14H,5-7H2,1H3/t9-,10-/m1/s1. The second-order valence-electron chi connectivity index (χ2n) is 3.82. The summed E-state index contributed by atoms with van der Waals surface area (Å²) in [6, 6.07) is 4.30. The molecule has 1 aliphatic heterocycles. The Morgan fingerprint density at radius 2 is 2.50 bits per heavy atom. The number of β-amino-alcohol motifs (C(OH)–C–C–N with tert-alkyl or cyclic N) is 1. The van der Waals surface area contributed by atoms with Gasteiger partial charge in [0.25, 0.3) is 0 Å². The van der Waals surface area contributed by atoms with Gasteiger partial charge in [0.15, 0.2) is 0 Å². The summed E-state index contributed by atoms with van der Waals surface area (Å²) < 4.78 is 2.09. The quantitative estimate of drug-likeness (QED) is 0.606. The zero-order valence-corrected chi connectivity index (χ0v) is 8.40. The molecule has 0 amide bonds. The van der Waals surface area contributed by atoms with Crippen LogP contribution in [0.2, 0.25) is 0 Å². The van der Waals surface area contributed by atoms with Gasteiger partial charge in [-0.1, -0.05) is 0 Å². The number of nitrogens with zero attached hydrogens (tertiary/aromatic N) is 1. The van der Waals surface area contributed by atoms with Crippen molar-refractivity contribution in [3.63, 3.8) is 0 Å². The summed E-state index contributed by atoms with van der Waals surface area (Å²) in [5.41, 5.74) is 1.24. The molecule has 4 heteroatoms. The minimum atomic E-state index is -0.254. The summed E-state index contributed by atoms with van der Waals surface area (Å²) in [5.74, 6) is 0. The highest BCUT2D eigenvalue weighted by Gasteiger charge is 2.23. The molecule has 0 radical (unpaired) electrons. The van der Waals surface area contributed by atoms with Crippen molar-refractivity contribution in [2.24, 2.45) is 7.05 Å². The molecule has 1 fully saturated rings. The van der Waals surface area contributed by atoms with E-state index in [2.05, 4.69) is 21.3 Å². The fourth-order valence-electron chi connectivity index (χ4n) is 1.79. The normalized spacial score (nSPS) is 27.0. The number of hydrogen-bond acceptors (Lipinski definition) is 3. The molecule has 4 nitrogen and oxygen atoms in total. The molecule has 0 spiro atoms. The van der Waals surface area contributed by atoms with Crippen LogP contribution in [0.5, 0.6) is 0 Å². The second-order valence-corrected chi connectivity index (χ2v) is 3.82. The van der Waals surface area contributed by atoms with E-state index in [0.717, 1.165) is 13.1 Å². The zero-order chi connectivity index (χ0) is 9.97. The average molecular weight is 195 g/mol. The maximum Gasteiger partial charge on any atom is 0.0829 e. The van der Waals surface area contributed by atoms with E-state index in [1.165, 1.54) is 5.69 Å². The first-order valence-electron chi connectivity index (χ1n) is 5.00. The maximum atomic E-state index is 9.56. The van der Waals surface area contributed by atoms with Crippen LogP contribution in [-0.2, 0) is 13.6 Å². The van der Waals surface area contributed by atoms with E-state index in [9.17, 15) is 5.11 Å². The maximum absolute atomic E-state index is 9.56. The van der Waals surface area contributed by atoms with Crippen molar-refractivity contribution >= 4 is 0 Å². The Bertz CT molecular complexity index is 297. The lowest BCUT2D eigenvalue weighted by Gasteiger charge is -2.15. The lowest BCUT2D eigenvalue weighted by Crippen LogP contribution is -2.38. The van der Waals surface area contributed by atoms with Crippen LogP contribution in [0, 0.1) is 0 Å². The third kappa shape index (κ3) is 1.97. The van der Waals surface area contributed by atoms with Crippen molar-refractivity contribution in [2.45, 2.75) is 18.7 Å². The van der Waals surface area contributed by atoms with Crippen LogP contribution in [0.15, 0.2) is 18.3 Å². The Balaban J connectivity index is 1.85. The molecule has 78 valence electrons. The lowest BCUT2D eigenvalue weighted by atomic mass is 10.2. The number of nitrogens with one attached hydrogen (secondary N) is 2. The minimum absolute atomic E-state index is 0.185. The molecule has 0 unspecified atom stereocenters. The molecular formula is C10H17N3O. The van der Waals surface area contributed by atoms with Crippen LogP contribution < -0.4 is 10.6 Å². The molecule has 1 aromatic rings. The van der Waals surface area contributed by atoms with E-state index in [1.807, 2.05) is 19.3 Å². The van der Waals surface area contributed by atoms with Crippen LogP contribution in [0.4, 0.5) is 0 Å². The van der Waals surface area contributed by atoms with Crippen LogP contribution in [0.3, 0.4) is 0 Å². The van der Waals surface area contributed by atoms with Crippen LogP contribution in [-0.4, -0.2) is 34.9 Å². The van der Waals surface area contributed by atoms with E-state index in [1.54, 1.807) is 0 Å². The van der Waals surface area contributed by atoms with E-state index in [0.29, 0.717) is 6.54 Å². The highest BCUT2D eigenvalue weighted by atomic mass is 16.3. The Labute approximate surface area is 83.9 Å². The summed E-state index contributed by atoms with van der Waals surface area (Å²) in [6.45, 7) is 2.36. The molecule has 0 aromatic carbocycles. The van der Waals surface area contributed by atoms with Gasteiger partial charge in [0, 0.05) is 44.6 Å². The van der Waals surface area contributed by atoms with E-state index in [4.69, 9.17) is 0 Å². The third-order valence-electron chi connectivity index (χ3n) is 2.78. The molecule has 0 bridgehead atoms. The van der Waals surface area contributed by atoms with E-state index >= 15 is 0 Å². The van der Waals surface area contributed by atoms with Crippen LogP contribution in [0.25, 0.3) is 0 Å². The van der Waals surface area contributed by atoms with Crippen molar-refractivity contribution in [1.29, 1.82) is 0 Å². The van der Waals surface area contributed by atoms with Gasteiger partial charge in [-0.25, -0.2) is 0 Å². The fraction of sp³-hybridized carbons (Fsp3) is 0.600. The average Bonchev–Trinajstić information content (AvgIpc) is 2.72. The molecule has 0 saturated carbocycles. The van der Waals surface area contributed by atoms with Gasteiger partial charge < -0.3 is 20.3 Å². The molecule has 0 aliphatic carbocycles. The number of aliphatic hydroxyl groups is 1. The van der Waals surface area contributed by atoms with Crippen molar-refractivity contribution < 1.29 is 5.11 Å². The van der Waals surface area contributed by atoms with Gasteiger partial charge in [-0.3, -0.25) is 0 Å². The Hall–Kier alpha value is -0.840. The Morgan fingerprint density at radius 3 is 3.07 bits per heavy atom. The predicted octanol–water partition coefficient (Wildman–Crippen LogP) is -0.553. The van der Waals surface area contributed by atoms with Crippen molar-refractivity contribution in [2.75, 3.05) is 13.1 Å². The first kappa shape index (κ1) is 9.71. The molecule has 1 aliphatic rings. The summed E-state index contributed by atoms with van der Waals surface area (Å²) >= 11 is 0. The molecule has 1 aromatic heterocycles. The van der Waals surface area contributed by atoms with E-state index in [-0.39, 0.29) is 12.1 Å². The molecule has 1 saturated heterocycles. The summed E-state index contributed by atoms with van der Waals surface area (Å²) in [7, 11) is 2.03. The first-order valence-corrected chi connectivity index (χ1v) is 5.00. The third-order valence-corrected chi connectivity index (χ3v) is 2.78. The first-order chi connectivity index (χ1) is 6.77. The van der Waals surface area contributed by atoms with Gasteiger partial charge in [-0.15, -0.1) is 0 Å². The summed E-state index contributed by atoms with van der Waals surface area (Å²) in [4.78, 5) is 0. The molecule has 14 heavy (non-hydrogen) atoms. The predicted molar refractivity (Wildman–Crippen MR) is 54.9 cm³/mol. The fourth-order valence-corrected chi connectivity index (χ4v) is 1.79. The topological polar surface area (TPSA) is 49.2 Å². The van der Waals surface area contributed by atoms with Gasteiger partial charge in [-0.05, 0) is 12.1 Å². The van der Waals surface area contributed by atoms with Gasteiger partial charge in [0.05, 0.1) is 6.10 Å². The number of aromatic nitrogens is 1. The van der Waals surface area contributed by atoms with Gasteiger partial charge in [0.2, 0.25) is 0 Å². The molecule has 2 atom stereocenters. The summed E-state index contributed by atoms with van der Waals surface area (Å²) in [5, 5.41) is 16.0. The molecule has 2 heterocycles. The summed E-state index contributed by atoms with van der Waals surface area (Å²) in [6.07, 6.45) is 1.77. The number of aliphatic hydroxyl groups excluding tert-OH is 1. The molecule has 3 N–H and O–H groups in total. The zero-order valence-electron chi connectivity index (χ0n) is 8.40. The second kappa shape index (κ2) is 4.13.